The molecule has 6 heteroatoms. The van der Waals surface area contributed by atoms with Crippen LogP contribution in [0.25, 0.3) is 89.1 Å². The molecule has 9 rings (SSSR count). The first kappa shape index (κ1) is 27.6. The predicted octanol–water partition coefficient (Wildman–Crippen LogP) is 9.85. The lowest BCUT2D eigenvalue weighted by Crippen LogP contribution is -1.99. The van der Waals surface area contributed by atoms with E-state index in [1.165, 1.54) is 0 Å². The molecule has 0 aliphatic heterocycles. The quantitative estimate of drug-likeness (QED) is 0.180. The summed E-state index contributed by atoms with van der Waals surface area (Å²) in [5.41, 5.74) is 12.6. The van der Waals surface area contributed by atoms with Crippen LogP contribution in [-0.4, -0.2) is 29.9 Å². The molecule has 6 nitrogen and oxygen atoms in total. The second kappa shape index (κ2) is 11.6. The number of benzene rings is 6. The molecule has 9 aromatic rings. The van der Waals surface area contributed by atoms with E-state index in [1.54, 1.807) is 12.4 Å². The van der Waals surface area contributed by atoms with E-state index in [4.69, 9.17) is 29.9 Å². The van der Waals surface area contributed by atoms with Gasteiger partial charge in [0.2, 0.25) is 0 Å². The van der Waals surface area contributed by atoms with Crippen molar-refractivity contribution < 1.29 is 0 Å². The van der Waals surface area contributed by atoms with Gasteiger partial charge in [-0.05, 0) is 29.3 Å². The smallest absolute Gasteiger partial charge is 0.159 e. The van der Waals surface area contributed by atoms with Crippen LogP contribution in [-0.2, 0) is 0 Å². The van der Waals surface area contributed by atoms with E-state index >= 15 is 0 Å². The van der Waals surface area contributed by atoms with Crippen molar-refractivity contribution >= 4 is 33.0 Å². The SMILES string of the molecule is c1ccc(-c2nc3ccc(-c4ncc5c(n4)c(-c4ccccc4)c(-c4ccccc4)c4nccnc45)cc3nc2-c2ccccc2)cc1. The van der Waals surface area contributed by atoms with Gasteiger partial charge in [-0.2, -0.15) is 0 Å². The van der Waals surface area contributed by atoms with E-state index in [0.29, 0.717) is 5.82 Å². The standard InChI is InChI=1S/C42H26N6/c1-5-13-27(14-6-1)35-36(28-15-7-2-8-16-28)41-40(43-23-24-44-41)32-26-45-42(48-39(32)35)31-21-22-33-34(25-31)47-38(30-19-11-4-12-20-30)37(46-33)29-17-9-3-10-18-29/h1-26H. The minimum Gasteiger partial charge on any atom is -0.252 e. The molecule has 0 aliphatic carbocycles. The molecule has 0 aliphatic rings. The monoisotopic (exact) mass is 614 g/mol. The number of fused-ring (bicyclic) bond motifs is 4. The first-order chi connectivity index (χ1) is 23.8. The Kier molecular flexibility index (Phi) is 6.68. The van der Waals surface area contributed by atoms with Crippen molar-refractivity contribution in [2.75, 3.05) is 0 Å². The lowest BCUT2D eigenvalue weighted by Gasteiger charge is -2.17. The minimum atomic E-state index is 0.596. The molecule has 0 unspecified atom stereocenters. The summed E-state index contributed by atoms with van der Waals surface area (Å²) in [6.45, 7) is 0. The van der Waals surface area contributed by atoms with E-state index in [0.717, 1.165) is 83.3 Å². The molecule has 0 fully saturated rings. The maximum Gasteiger partial charge on any atom is 0.159 e. The summed E-state index contributed by atoms with van der Waals surface area (Å²) >= 11 is 0. The second-order valence-electron chi connectivity index (χ2n) is 11.5. The molecule has 3 heterocycles. The lowest BCUT2D eigenvalue weighted by atomic mass is 9.90. The molecule has 0 atom stereocenters. The van der Waals surface area contributed by atoms with Crippen molar-refractivity contribution in [3.05, 3.63) is 158 Å². The van der Waals surface area contributed by atoms with Gasteiger partial charge >= 0.3 is 0 Å². The Bertz CT molecular complexity index is 2590. The van der Waals surface area contributed by atoms with Crippen LogP contribution < -0.4 is 0 Å². The summed E-state index contributed by atoms with van der Waals surface area (Å²) in [7, 11) is 0. The van der Waals surface area contributed by atoms with Crippen molar-refractivity contribution in [2.24, 2.45) is 0 Å². The normalized spacial score (nSPS) is 11.3. The zero-order valence-electron chi connectivity index (χ0n) is 25.7. The highest BCUT2D eigenvalue weighted by Gasteiger charge is 2.21. The molecule has 6 aromatic carbocycles. The zero-order valence-corrected chi connectivity index (χ0v) is 25.7. The molecule has 0 saturated heterocycles. The Balaban J connectivity index is 1.29. The molecule has 0 N–H and O–H groups in total. The number of aromatic nitrogens is 6. The van der Waals surface area contributed by atoms with Gasteiger partial charge in [-0.15, -0.1) is 0 Å². The first-order valence-corrected chi connectivity index (χ1v) is 15.8. The van der Waals surface area contributed by atoms with Crippen LogP contribution in [0.4, 0.5) is 0 Å². The van der Waals surface area contributed by atoms with Crippen molar-refractivity contribution in [3.8, 4) is 56.2 Å². The van der Waals surface area contributed by atoms with Crippen molar-refractivity contribution in [1.82, 2.24) is 29.9 Å². The Labute approximate surface area is 276 Å². The van der Waals surface area contributed by atoms with Crippen LogP contribution in [0.15, 0.2) is 158 Å². The Morgan fingerprint density at radius 1 is 0.354 bits per heavy atom. The van der Waals surface area contributed by atoms with Crippen LogP contribution in [0, 0.1) is 0 Å². The van der Waals surface area contributed by atoms with Gasteiger partial charge in [0.1, 0.15) is 5.52 Å². The zero-order chi connectivity index (χ0) is 31.9. The summed E-state index contributed by atoms with van der Waals surface area (Å²) in [6, 6.07) is 47.2. The first-order valence-electron chi connectivity index (χ1n) is 15.8. The van der Waals surface area contributed by atoms with E-state index in [1.807, 2.05) is 85.1 Å². The third-order valence-corrected chi connectivity index (χ3v) is 8.61. The fourth-order valence-electron chi connectivity index (χ4n) is 6.40. The maximum absolute atomic E-state index is 5.28. The topological polar surface area (TPSA) is 77.3 Å². The minimum absolute atomic E-state index is 0.596. The summed E-state index contributed by atoms with van der Waals surface area (Å²) in [4.78, 5) is 30.1. The van der Waals surface area contributed by atoms with Crippen LogP contribution in [0.1, 0.15) is 0 Å². The van der Waals surface area contributed by atoms with Crippen LogP contribution >= 0.6 is 0 Å². The highest BCUT2D eigenvalue weighted by atomic mass is 14.9. The molecule has 0 radical (unpaired) electrons. The molecule has 48 heavy (non-hydrogen) atoms. The molecule has 0 spiro atoms. The molecule has 0 saturated carbocycles. The molecular formula is C42H26N6. The van der Waals surface area contributed by atoms with Crippen LogP contribution in [0.5, 0.6) is 0 Å². The highest BCUT2D eigenvalue weighted by molar-refractivity contribution is 6.17. The third-order valence-electron chi connectivity index (χ3n) is 8.61. The van der Waals surface area contributed by atoms with Gasteiger partial charge < -0.3 is 0 Å². The van der Waals surface area contributed by atoms with Gasteiger partial charge in [0.15, 0.2) is 5.82 Å². The molecular weight excluding hydrogens is 589 g/mol. The number of rotatable bonds is 5. The Morgan fingerprint density at radius 3 is 1.44 bits per heavy atom. The van der Waals surface area contributed by atoms with Gasteiger partial charge in [0.05, 0.1) is 33.5 Å². The number of nitrogens with zero attached hydrogens (tertiary/aromatic N) is 6. The average Bonchev–Trinajstić information content (AvgIpc) is 3.17. The summed E-state index contributed by atoms with van der Waals surface area (Å²) in [6.07, 6.45) is 5.34. The fourth-order valence-corrected chi connectivity index (χ4v) is 6.40. The summed E-state index contributed by atoms with van der Waals surface area (Å²) in [5.74, 6) is 0.596. The van der Waals surface area contributed by atoms with E-state index < -0.39 is 0 Å². The predicted molar refractivity (Wildman–Crippen MR) is 193 cm³/mol. The van der Waals surface area contributed by atoms with Gasteiger partial charge in [0.25, 0.3) is 0 Å². The highest BCUT2D eigenvalue weighted by Crippen LogP contribution is 2.43. The van der Waals surface area contributed by atoms with Crippen LogP contribution in [0.2, 0.25) is 0 Å². The second-order valence-corrected chi connectivity index (χ2v) is 11.5. The van der Waals surface area contributed by atoms with Crippen LogP contribution in [0.3, 0.4) is 0 Å². The third kappa shape index (κ3) is 4.75. The fraction of sp³-hybridized carbons (Fsp3) is 0. The molecule has 0 amide bonds. The van der Waals surface area contributed by atoms with Gasteiger partial charge in [-0.3, -0.25) is 9.97 Å². The molecule has 0 bridgehead atoms. The number of hydrogen-bond donors (Lipinski definition) is 0. The van der Waals surface area contributed by atoms with Gasteiger partial charge in [-0.25, -0.2) is 19.9 Å². The van der Waals surface area contributed by atoms with Gasteiger partial charge in [-0.1, -0.05) is 121 Å². The molecule has 3 aromatic heterocycles. The van der Waals surface area contributed by atoms with E-state index in [-0.39, 0.29) is 0 Å². The van der Waals surface area contributed by atoms with Crippen molar-refractivity contribution in [2.45, 2.75) is 0 Å². The van der Waals surface area contributed by atoms with Gasteiger partial charge in [0, 0.05) is 51.8 Å². The lowest BCUT2D eigenvalue weighted by molar-refractivity contribution is 1.22. The summed E-state index contributed by atoms with van der Waals surface area (Å²) in [5, 5.41) is 0.847. The number of hydrogen-bond acceptors (Lipinski definition) is 6. The summed E-state index contributed by atoms with van der Waals surface area (Å²) < 4.78 is 0. The maximum atomic E-state index is 5.28. The molecule has 224 valence electrons. The van der Waals surface area contributed by atoms with Crippen molar-refractivity contribution in [3.63, 3.8) is 0 Å². The Hall–Kier alpha value is -6.66. The largest absolute Gasteiger partial charge is 0.252 e. The van der Waals surface area contributed by atoms with Crippen molar-refractivity contribution in [1.29, 1.82) is 0 Å². The van der Waals surface area contributed by atoms with E-state index in [2.05, 4.69) is 60.7 Å². The average molecular weight is 615 g/mol. The van der Waals surface area contributed by atoms with E-state index in [9.17, 15) is 0 Å². The Morgan fingerprint density at radius 2 is 0.854 bits per heavy atom.